The van der Waals surface area contributed by atoms with E-state index in [-0.39, 0.29) is 23.7 Å². The van der Waals surface area contributed by atoms with E-state index in [1.165, 1.54) is 33.5 Å². The second kappa shape index (κ2) is 8.19. The number of hydrogen-bond acceptors (Lipinski definition) is 6. The quantitative estimate of drug-likeness (QED) is 0.568. The molecule has 0 fully saturated rings. The standard InChI is InChI=1S/C19H20O6/c1-12-5-7-13(8-6-12)15(20)11-25-19(21)14-9-17(23-3)18(24-4)10-16(14)22-2/h5-10H,11H2,1-4H3. The van der Waals surface area contributed by atoms with Crippen molar-refractivity contribution in [3.63, 3.8) is 0 Å². The SMILES string of the molecule is COc1cc(OC)c(C(=O)OCC(=O)c2ccc(C)cc2)cc1OC. The molecule has 0 heterocycles. The van der Waals surface area contributed by atoms with Crippen LogP contribution in [0.1, 0.15) is 26.3 Å². The molecule has 0 aliphatic carbocycles. The monoisotopic (exact) mass is 344 g/mol. The van der Waals surface area contributed by atoms with Crippen LogP contribution in [0.25, 0.3) is 0 Å². The number of carbonyl (C=O) groups is 2. The zero-order valence-electron chi connectivity index (χ0n) is 14.6. The highest BCUT2D eigenvalue weighted by Crippen LogP contribution is 2.34. The molecule has 0 aromatic heterocycles. The average Bonchev–Trinajstić information content (AvgIpc) is 2.65. The molecule has 0 radical (unpaired) electrons. The number of ketones is 1. The molecular formula is C19H20O6. The van der Waals surface area contributed by atoms with E-state index in [1.54, 1.807) is 12.1 Å². The van der Waals surface area contributed by atoms with Gasteiger partial charge in [-0.25, -0.2) is 4.79 Å². The van der Waals surface area contributed by atoms with Crippen LogP contribution in [-0.2, 0) is 4.74 Å². The maximum Gasteiger partial charge on any atom is 0.342 e. The molecule has 6 nitrogen and oxygen atoms in total. The Bertz CT molecular complexity index is 764. The number of ether oxygens (including phenoxy) is 4. The molecule has 2 aromatic carbocycles. The number of carbonyl (C=O) groups excluding carboxylic acids is 2. The van der Waals surface area contributed by atoms with Crippen molar-refractivity contribution in [3.8, 4) is 17.2 Å². The van der Waals surface area contributed by atoms with Gasteiger partial charge in [0.15, 0.2) is 23.9 Å². The van der Waals surface area contributed by atoms with Crippen LogP contribution < -0.4 is 14.2 Å². The zero-order chi connectivity index (χ0) is 18.4. The van der Waals surface area contributed by atoms with Gasteiger partial charge in [0.1, 0.15) is 11.3 Å². The van der Waals surface area contributed by atoms with Crippen LogP contribution in [0.4, 0.5) is 0 Å². The van der Waals surface area contributed by atoms with Gasteiger partial charge in [0.2, 0.25) is 0 Å². The van der Waals surface area contributed by atoms with E-state index < -0.39 is 5.97 Å². The third-order valence-electron chi connectivity index (χ3n) is 3.63. The highest BCUT2D eigenvalue weighted by molar-refractivity contribution is 6.00. The summed E-state index contributed by atoms with van der Waals surface area (Å²) >= 11 is 0. The van der Waals surface area contributed by atoms with E-state index in [2.05, 4.69) is 0 Å². The second-order valence-corrected chi connectivity index (χ2v) is 5.27. The Morgan fingerprint density at radius 3 is 1.96 bits per heavy atom. The van der Waals surface area contributed by atoms with E-state index >= 15 is 0 Å². The Labute approximate surface area is 146 Å². The number of esters is 1. The normalized spacial score (nSPS) is 10.1. The Balaban J connectivity index is 2.14. The molecule has 0 atom stereocenters. The summed E-state index contributed by atoms with van der Waals surface area (Å²) in [6.45, 7) is 1.57. The maximum absolute atomic E-state index is 12.3. The van der Waals surface area contributed by atoms with E-state index in [0.717, 1.165) is 5.56 Å². The topological polar surface area (TPSA) is 71.1 Å². The van der Waals surface area contributed by atoms with Crippen LogP contribution in [0.15, 0.2) is 36.4 Å². The van der Waals surface area contributed by atoms with Crippen molar-refractivity contribution in [2.45, 2.75) is 6.92 Å². The van der Waals surface area contributed by atoms with Crippen molar-refractivity contribution >= 4 is 11.8 Å². The Morgan fingerprint density at radius 2 is 1.40 bits per heavy atom. The highest BCUT2D eigenvalue weighted by Gasteiger charge is 2.20. The van der Waals surface area contributed by atoms with Gasteiger partial charge in [-0.2, -0.15) is 0 Å². The van der Waals surface area contributed by atoms with E-state index in [9.17, 15) is 9.59 Å². The molecule has 0 saturated heterocycles. The molecule has 6 heteroatoms. The minimum absolute atomic E-state index is 0.150. The zero-order valence-corrected chi connectivity index (χ0v) is 14.6. The molecule has 2 rings (SSSR count). The maximum atomic E-state index is 12.3. The fourth-order valence-electron chi connectivity index (χ4n) is 2.22. The lowest BCUT2D eigenvalue weighted by atomic mass is 10.1. The lowest BCUT2D eigenvalue weighted by Crippen LogP contribution is -2.15. The van der Waals surface area contributed by atoms with E-state index in [4.69, 9.17) is 18.9 Å². The molecule has 0 unspecified atom stereocenters. The third-order valence-corrected chi connectivity index (χ3v) is 3.63. The summed E-state index contributed by atoms with van der Waals surface area (Å²) in [6, 6.07) is 10.0. The number of hydrogen-bond donors (Lipinski definition) is 0. The molecule has 0 spiro atoms. The molecule has 0 amide bonds. The first-order valence-electron chi connectivity index (χ1n) is 7.57. The number of methoxy groups -OCH3 is 3. The fourth-order valence-corrected chi connectivity index (χ4v) is 2.22. The predicted octanol–water partition coefficient (Wildman–Crippen LogP) is 3.06. The van der Waals surface area contributed by atoms with Crippen LogP contribution in [0.5, 0.6) is 17.2 Å². The predicted molar refractivity (Wildman–Crippen MR) is 91.9 cm³/mol. The van der Waals surface area contributed by atoms with Gasteiger partial charge in [-0.05, 0) is 6.92 Å². The molecular weight excluding hydrogens is 324 g/mol. The van der Waals surface area contributed by atoms with Crippen molar-refractivity contribution in [1.82, 2.24) is 0 Å². The minimum Gasteiger partial charge on any atom is -0.496 e. The van der Waals surface area contributed by atoms with Crippen molar-refractivity contribution in [1.29, 1.82) is 0 Å². The van der Waals surface area contributed by atoms with Crippen LogP contribution in [0, 0.1) is 6.92 Å². The lowest BCUT2D eigenvalue weighted by molar-refractivity contribution is 0.0471. The van der Waals surface area contributed by atoms with Gasteiger partial charge < -0.3 is 18.9 Å². The summed E-state index contributed by atoms with van der Waals surface area (Å²) in [4.78, 5) is 24.4. The fraction of sp³-hybridized carbons (Fsp3) is 0.263. The van der Waals surface area contributed by atoms with Crippen LogP contribution in [0.2, 0.25) is 0 Å². The summed E-state index contributed by atoms with van der Waals surface area (Å²) in [5.74, 6) is 0.0863. The average molecular weight is 344 g/mol. The highest BCUT2D eigenvalue weighted by atomic mass is 16.5. The van der Waals surface area contributed by atoms with Crippen molar-refractivity contribution in [3.05, 3.63) is 53.1 Å². The third kappa shape index (κ3) is 4.29. The van der Waals surface area contributed by atoms with Gasteiger partial charge in [-0.3, -0.25) is 4.79 Å². The summed E-state index contributed by atoms with van der Waals surface area (Å²) in [5, 5.41) is 0. The summed E-state index contributed by atoms with van der Waals surface area (Å²) in [5.41, 5.74) is 1.68. The van der Waals surface area contributed by atoms with E-state index in [1.807, 2.05) is 19.1 Å². The van der Waals surface area contributed by atoms with Gasteiger partial charge >= 0.3 is 5.97 Å². The molecule has 0 N–H and O–H groups in total. The Kier molecular flexibility index (Phi) is 6.00. The summed E-state index contributed by atoms with van der Waals surface area (Å²) in [6.07, 6.45) is 0. The van der Waals surface area contributed by atoms with Crippen LogP contribution in [-0.4, -0.2) is 39.7 Å². The smallest absolute Gasteiger partial charge is 0.342 e. The number of rotatable bonds is 7. The van der Waals surface area contributed by atoms with Crippen molar-refractivity contribution < 1.29 is 28.5 Å². The van der Waals surface area contributed by atoms with E-state index in [0.29, 0.717) is 17.1 Å². The Hall–Kier alpha value is -3.02. The first kappa shape index (κ1) is 18.3. The van der Waals surface area contributed by atoms with Gasteiger partial charge in [0.05, 0.1) is 21.3 Å². The number of aryl methyl sites for hydroxylation is 1. The molecule has 0 bridgehead atoms. The molecule has 25 heavy (non-hydrogen) atoms. The van der Waals surface area contributed by atoms with Gasteiger partial charge in [0, 0.05) is 17.7 Å². The van der Waals surface area contributed by atoms with Gasteiger partial charge in [-0.1, -0.05) is 29.8 Å². The minimum atomic E-state index is -0.682. The first-order chi connectivity index (χ1) is 12.0. The van der Waals surface area contributed by atoms with Crippen LogP contribution in [0.3, 0.4) is 0 Å². The van der Waals surface area contributed by atoms with Gasteiger partial charge in [-0.15, -0.1) is 0 Å². The first-order valence-corrected chi connectivity index (χ1v) is 7.57. The van der Waals surface area contributed by atoms with Crippen LogP contribution >= 0.6 is 0 Å². The summed E-state index contributed by atoms with van der Waals surface area (Å²) < 4.78 is 20.7. The largest absolute Gasteiger partial charge is 0.496 e. The molecule has 0 aliphatic rings. The number of Topliss-reactive ketones (excluding diaryl/α,β-unsaturated/α-hetero) is 1. The summed E-state index contributed by atoms with van der Waals surface area (Å²) in [7, 11) is 4.37. The molecule has 2 aromatic rings. The molecule has 0 saturated carbocycles. The second-order valence-electron chi connectivity index (χ2n) is 5.27. The lowest BCUT2D eigenvalue weighted by Gasteiger charge is -2.13. The molecule has 132 valence electrons. The van der Waals surface area contributed by atoms with Gasteiger partial charge in [0.25, 0.3) is 0 Å². The Morgan fingerprint density at radius 1 is 0.840 bits per heavy atom. The number of benzene rings is 2. The molecule has 0 aliphatic heterocycles. The van der Waals surface area contributed by atoms with Crippen molar-refractivity contribution in [2.24, 2.45) is 0 Å². The van der Waals surface area contributed by atoms with Crippen molar-refractivity contribution in [2.75, 3.05) is 27.9 Å².